The molecule has 1 unspecified atom stereocenters. The van der Waals surface area contributed by atoms with Gasteiger partial charge in [-0.25, -0.2) is 0 Å². The topological polar surface area (TPSA) is 12.9 Å². The van der Waals surface area contributed by atoms with Crippen LogP contribution in [0.1, 0.15) is 12.3 Å². The lowest BCUT2D eigenvalue weighted by molar-refractivity contribution is 1.09. The number of hydrogen-bond donors (Lipinski definition) is 0. The van der Waals surface area contributed by atoms with E-state index < -0.39 is 0 Å². The molecule has 1 nitrogen and oxygen atoms in total. The third-order valence-corrected chi connectivity index (χ3v) is 2.02. The minimum atomic E-state index is 0.869. The molecule has 0 radical (unpaired) electrons. The monoisotopic (exact) mass is 113 g/mol. The van der Waals surface area contributed by atoms with E-state index >= 15 is 0 Å². The SMILES string of the molecule is CCc1ncc[pH]1. The van der Waals surface area contributed by atoms with Crippen LogP contribution in [0.25, 0.3) is 0 Å². The molecule has 0 aliphatic heterocycles. The van der Waals surface area contributed by atoms with E-state index in [1.165, 1.54) is 5.43 Å². The molecule has 0 saturated heterocycles. The van der Waals surface area contributed by atoms with Crippen LogP contribution in [-0.4, -0.2) is 4.98 Å². The fraction of sp³-hybridized carbons (Fsp3) is 0.400. The predicted octanol–water partition coefficient (Wildman–Crippen LogP) is 1.68. The van der Waals surface area contributed by atoms with Gasteiger partial charge in [0.05, 0.1) is 5.43 Å². The highest BCUT2D eigenvalue weighted by Gasteiger charge is 1.82. The van der Waals surface area contributed by atoms with Crippen LogP contribution in [0, 0.1) is 0 Å². The van der Waals surface area contributed by atoms with E-state index in [2.05, 4.69) is 17.7 Å². The van der Waals surface area contributed by atoms with Gasteiger partial charge in [-0.3, -0.25) is 4.98 Å². The van der Waals surface area contributed by atoms with E-state index in [9.17, 15) is 0 Å². The molecule has 0 aromatic carbocycles. The van der Waals surface area contributed by atoms with Crippen LogP contribution in [0.3, 0.4) is 0 Å². The molecule has 1 heterocycles. The second-order valence-electron chi connectivity index (χ2n) is 1.39. The molecule has 0 saturated carbocycles. The highest BCUT2D eigenvalue weighted by atomic mass is 31.0. The Balaban J connectivity index is 2.76. The van der Waals surface area contributed by atoms with E-state index in [-0.39, 0.29) is 0 Å². The summed E-state index contributed by atoms with van der Waals surface area (Å²) in [7, 11) is 0.869. The minimum Gasteiger partial charge on any atom is -0.257 e. The van der Waals surface area contributed by atoms with Crippen molar-refractivity contribution in [1.82, 2.24) is 4.98 Å². The molecule has 0 aliphatic carbocycles. The zero-order chi connectivity index (χ0) is 5.11. The second-order valence-corrected chi connectivity index (χ2v) is 2.59. The Morgan fingerprint density at radius 2 is 2.71 bits per heavy atom. The second kappa shape index (κ2) is 2.13. The fourth-order valence-electron chi connectivity index (χ4n) is 0.491. The Morgan fingerprint density at radius 1 is 1.86 bits per heavy atom. The lowest BCUT2D eigenvalue weighted by Gasteiger charge is -1.78. The van der Waals surface area contributed by atoms with Gasteiger partial charge in [0.2, 0.25) is 0 Å². The maximum atomic E-state index is 4.10. The van der Waals surface area contributed by atoms with Crippen molar-refractivity contribution in [3.05, 3.63) is 17.4 Å². The summed E-state index contributed by atoms with van der Waals surface area (Å²) in [4.78, 5) is 4.10. The molecular weight excluding hydrogens is 105 g/mol. The summed E-state index contributed by atoms with van der Waals surface area (Å²) in [6.45, 7) is 2.14. The van der Waals surface area contributed by atoms with Crippen molar-refractivity contribution in [3.63, 3.8) is 0 Å². The smallest absolute Gasteiger partial charge is 0.0559 e. The molecule has 1 aromatic heterocycles. The fourth-order valence-corrected chi connectivity index (χ4v) is 1.19. The van der Waals surface area contributed by atoms with Crippen LogP contribution in [0.5, 0.6) is 0 Å². The number of hydrogen-bond acceptors (Lipinski definition) is 1. The van der Waals surface area contributed by atoms with Crippen molar-refractivity contribution in [2.75, 3.05) is 0 Å². The van der Waals surface area contributed by atoms with Gasteiger partial charge in [-0.1, -0.05) is 6.92 Å². The first-order chi connectivity index (χ1) is 3.43. The Hall–Kier alpha value is -0.290. The summed E-state index contributed by atoms with van der Waals surface area (Å²) < 4.78 is 0. The van der Waals surface area contributed by atoms with Gasteiger partial charge in [0, 0.05) is 6.20 Å². The van der Waals surface area contributed by atoms with Gasteiger partial charge < -0.3 is 0 Å². The van der Waals surface area contributed by atoms with Gasteiger partial charge in [-0.05, 0) is 12.2 Å². The van der Waals surface area contributed by atoms with E-state index in [0.717, 1.165) is 14.6 Å². The maximum absolute atomic E-state index is 4.10. The van der Waals surface area contributed by atoms with Gasteiger partial charge in [0.15, 0.2) is 0 Å². The number of nitrogens with zero attached hydrogens (tertiary/aromatic N) is 1. The van der Waals surface area contributed by atoms with E-state index in [0.29, 0.717) is 0 Å². The van der Waals surface area contributed by atoms with Crippen LogP contribution >= 0.6 is 8.19 Å². The summed E-state index contributed by atoms with van der Waals surface area (Å²) in [5.74, 6) is 2.11. The Bertz CT molecular complexity index is 123. The van der Waals surface area contributed by atoms with Gasteiger partial charge in [-0.2, -0.15) is 0 Å². The van der Waals surface area contributed by atoms with E-state index in [4.69, 9.17) is 0 Å². The normalized spacial score (nSPS) is 10.4. The molecule has 0 spiro atoms. The van der Waals surface area contributed by atoms with Crippen molar-refractivity contribution in [2.45, 2.75) is 13.3 Å². The number of rotatable bonds is 1. The highest BCUT2D eigenvalue weighted by molar-refractivity contribution is 7.29. The molecule has 0 aliphatic rings. The largest absolute Gasteiger partial charge is 0.257 e. The van der Waals surface area contributed by atoms with Crippen molar-refractivity contribution in [1.29, 1.82) is 0 Å². The third-order valence-electron chi connectivity index (χ3n) is 0.890. The van der Waals surface area contributed by atoms with Crippen LogP contribution in [0.15, 0.2) is 12.0 Å². The number of aryl methyl sites for hydroxylation is 1. The standard InChI is InChI=1S/C5H8NP/c1-2-5-6-3-4-7-5/h3-4,7H,2H2,1H3. The molecular formula is C5H8NP. The average molecular weight is 113 g/mol. The molecule has 7 heavy (non-hydrogen) atoms. The molecule has 0 amide bonds. The lowest BCUT2D eigenvalue weighted by Crippen LogP contribution is -1.69. The first kappa shape index (κ1) is 4.86. The van der Waals surface area contributed by atoms with Gasteiger partial charge in [0.1, 0.15) is 0 Å². The quantitative estimate of drug-likeness (QED) is 0.539. The summed E-state index contributed by atoms with van der Waals surface area (Å²) in [5, 5.41) is 0. The average Bonchev–Trinajstić information content (AvgIpc) is 2.14. The molecule has 0 N–H and O–H groups in total. The zero-order valence-electron chi connectivity index (χ0n) is 4.31. The van der Waals surface area contributed by atoms with Crippen molar-refractivity contribution in [3.8, 4) is 0 Å². The molecule has 0 fully saturated rings. The van der Waals surface area contributed by atoms with Crippen LogP contribution < -0.4 is 0 Å². The summed E-state index contributed by atoms with van der Waals surface area (Å²) in [5.41, 5.74) is 1.33. The Morgan fingerprint density at radius 3 is 3.00 bits per heavy atom. The number of aromatic nitrogens is 1. The van der Waals surface area contributed by atoms with Crippen molar-refractivity contribution in [2.24, 2.45) is 0 Å². The Kier molecular flexibility index (Phi) is 1.48. The van der Waals surface area contributed by atoms with Gasteiger partial charge >= 0.3 is 0 Å². The van der Waals surface area contributed by atoms with Gasteiger partial charge in [0.25, 0.3) is 0 Å². The minimum absolute atomic E-state index is 0.869. The summed E-state index contributed by atoms with van der Waals surface area (Å²) in [6.07, 6.45) is 3.00. The molecule has 1 atom stereocenters. The molecule has 1 rings (SSSR count). The first-order valence-corrected chi connectivity index (χ1v) is 3.49. The van der Waals surface area contributed by atoms with Crippen LogP contribution in [0.2, 0.25) is 0 Å². The molecule has 0 bridgehead atoms. The molecule has 2 heteroatoms. The maximum Gasteiger partial charge on any atom is 0.0559 e. The summed E-state index contributed by atoms with van der Waals surface area (Å²) >= 11 is 0. The highest BCUT2D eigenvalue weighted by Crippen LogP contribution is 2.09. The van der Waals surface area contributed by atoms with E-state index in [1.807, 2.05) is 6.20 Å². The van der Waals surface area contributed by atoms with Crippen molar-refractivity contribution < 1.29 is 0 Å². The third kappa shape index (κ3) is 1.04. The first-order valence-electron chi connectivity index (χ1n) is 2.41. The van der Waals surface area contributed by atoms with Crippen LogP contribution in [0.4, 0.5) is 0 Å². The zero-order valence-corrected chi connectivity index (χ0v) is 5.31. The van der Waals surface area contributed by atoms with Gasteiger partial charge in [-0.15, -0.1) is 8.19 Å². The van der Waals surface area contributed by atoms with E-state index in [1.54, 1.807) is 0 Å². The lowest BCUT2D eigenvalue weighted by atomic mass is 10.5. The molecule has 38 valence electrons. The summed E-state index contributed by atoms with van der Waals surface area (Å²) in [6, 6.07) is 0. The Labute approximate surface area is 44.9 Å². The van der Waals surface area contributed by atoms with Crippen LogP contribution in [-0.2, 0) is 6.42 Å². The molecule has 1 aromatic rings. The predicted molar refractivity (Wildman–Crippen MR) is 33.1 cm³/mol. The van der Waals surface area contributed by atoms with Crippen molar-refractivity contribution >= 4 is 8.19 Å².